The quantitative estimate of drug-likeness (QED) is 0.477. The molecule has 0 unspecified atom stereocenters. The van der Waals surface area contributed by atoms with E-state index in [2.05, 4.69) is 4.98 Å². The molecule has 31 heavy (non-hydrogen) atoms. The van der Waals surface area contributed by atoms with Crippen molar-refractivity contribution in [2.75, 3.05) is 24.6 Å². The molecular weight excluding hydrogens is 403 g/mol. The molecule has 0 aliphatic carbocycles. The number of benzene rings is 2. The summed E-state index contributed by atoms with van der Waals surface area (Å²) in [5, 5.41) is 11.3. The Hall–Kier alpha value is -3.06. The van der Waals surface area contributed by atoms with Crippen LogP contribution in [-0.4, -0.2) is 34.4 Å². The first-order chi connectivity index (χ1) is 15.0. The largest absolute Gasteiger partial charge is 0.420 e. The zero-order chi connectivity index (χ0) is 21.6. The Kier molecular flexibility index (Phi) is 4.85. The summed E-state index contributed by atoms with van der Waals surface area (Å²) < 4.78 is 44.1. The number of pyridine rings is 1. The summed E-state index contributed by atoms with van der Waals surface area (Å²) in [5.74, 6) is 0.107. The molecule has 3 heterocycles. The summed E-state index contributed by atoms with van der Waals surface area (Å²) in [4.78, 5) is 6.00. The first-order valence-corrected chi connectivity index (χ1v) is 10.4. The second-order valence-electron chi connectivity index (χ2n) is 8.05. The van der Waals surface area contributed by atoms with Crippen molar-refractivity contribution in [3.8, 4) is 5.69 Å². The van der Waals surface area contributed by atoms with Gasteiger partial charge in [-0.05, 0) is 37.0 Å². The number of piperidine rings is 1. The van der Waals surface area contributed by atoms with Gasteiger partial charge in [-0.25, -0.2) is 4.98 Å². The third-order valence-electron chi connectivity index (χ3n) is 6.17. The van der Waals surface area contributed by atoms with Gasteiger partial charge < -0.3 is 14.6 Å². The maximum atomic E-state index is 14.1. The number of anilines is 1. The van der Waals surface area contributed by atoms with E-state index in [-0.39, 0.29) is 18.3 Å². The van der Waals surface area contributed by atoms with E-state index in [1.165, 1.54) is 12.3 Å². The van der Waals surface area contributed by atoms with E-state index >= 15 is 0 Å². The maximum absolute atomic E-state index is 14.1. The minimum Gasteiger partial charge on any atom is -0.396 e. The van der Waals surface area contributed by atoms with Gasteiger partial charge in [0, 0.05) is 30.5 Å². The molecular formula is C24H22F3N3O. The zero-order valence-corrected chi connectivity index (χ0v) is 16.8. The molecule has 0 atom stereocenters. The fourth-order valence-electron chi connectivity index (χ4n) is 4.56. The summed E-state index contributed by atoms with van der Waals surface area (Å²) in [6.45, 7) is 0.978. The number of alkyl halides is 3. The lowest BCUT2D eigenvalue weighted by atomic mass is 9.97. The van der Waals surface area contributed by atoms with Crippen LogP contribution >= 0.6 is 0 Å². The monoisotopic (exact) mass is 425 g/mol. The fraction of sp³-hybridized carbons (Fsp3) is 0.292. The predicted octanol–water partition coefficient (Wildman–Crippen LogP) is 5.41. The molecule has 1 N–H and O–H groups in total. The highest BCUT2D eigenvalue weighted by atomic mass is 19.4. The molecule has 4 aromatic rings. The van der Waals surface area contributed by atoms with Gasteiger partial charge in [-0.1, -0.05) is 36.4 Å². The third kappa shape index (κ3) is 3.43. The molecule has 1 aliphatic heterocycles. The Morgan fingerprint density at radius 1 is 0.935 bits per heavy atom. The Bertz CT molecular complexity index is 1190. The van der Waals surface area contributed by atoms with Crippen LogP contribution in [0.5, 0.6) is 0 Å². The number of rotatable bonds is 3. The highest BCUT2D eigenvalue weighted by molar-refractivity contribution is 6.09. The molecule has 160 valence electrons. The van der Waals surface area contributed by atoms with E-state index < -0.39 is 11.7 Å². The van der Waals surface area contributed by atoms with Gasteiger partial charge in [0.2, 0.25) is 0 Å². The van der Waals surface area contributed by atoms with Gasteiger partial charge >= 0.3 is 6.18 Å². The molecule has 2 aromatic carbocycles. The fourth-order valence-corrected chi connectivity index (χ4v) is 4.56. The second-order valence-corrected chi connectivity index (χ2v) is 8.05. The summed E-state index contributed by atoms with van der Waals surface area (Å²) in [6, 6.07) is 16.6. The molecule has 0 radical (unpaired) electrons. The molecule has 7 heteroatoms. The van der Waals surface area contributed by atoms with E-state index in [1.54, 1.807) is 4.90 Å². The van der Waals surface area contributed by atoms with Crippen LogP contribution in [0.3, 0.4) is 0 Å². The van der Waals surface area contributed by atoms with Crippen molar-refractivity contribution in [1.29, 1.82) is 0 Å². The van der Waals surface area contributed by atoms with Crippen LogP contribution < -0.4 is 4.90 Å². The summed E-state index contributed by atoms with van der Waals surface area (Å²) in [5.41, 5.74) is 1.35. The van der Waals surface area contributed by atoms with Gasteiger partial charge in [0.25, 0.3) is 0 Å². The van der Waals surface area contributed by atoms with Crippen LogP contribution in [0.2, 0.25) is 0 Å². The Morgan fingerprint density at radius 3 is 2.06 bits per heavy atom. The van der Waals surface area contributed by atoms with E-state index in [0.29, 0.717) is 31.6 Å². The Labute approximate surface area is 177 Å². The van der Waals surface area contributed by atoms with Gasteiger partial charge in [-0.3, -0.25) is 0 Å². The molecule has 0 spiro atoms. The van der Waals surface area contributed by atoms with Gasteiger partial charge in [0.15, 0.2) is 0 Å². The number of fused-ring (bicyclic) bond motifs is 3. The van der Waals surface area contributed by atoms with Crippen molar-refractivity contribution in [3.05, 3.63) is 66.4 Å². The lowest BCUT2D eigenvalue weighted by Crippen LogP contribution is -2.36. The minimum atomic E-state index is -4.52. The van der Waals surface area contributed by atoms with Crippen molar-refractivity contribution in [1.82, 2.24) is 9.55 Å². The zero-order valence-electron chi connectivity index (χ0n) is 16.8. The van der Waals surface area contributed by atoms with Gasteiger partial charge in [-0.15, -0.1) is 0 Å². The van der Waals surface area contributed by atoms with E-state index in [4.69, 9.17) is 0 Å². The van der Waals surface area contributed by atoms with E-state index in [0.717, 1.165) is 21.8 Å². The molecule has 1 aliphatic rings. The van der Waals surface area contributed by atoms with Gasteiger partial charge in [0.05, 0.1) is 22.9 Å². The molecule has 2 aromatic heterocycles. The number of hydrogen-bond acceptors (Lipinski definition) is 3. The average molecular weight is 425 g/mol. The molecule has 0 amide bonds. The second kappa shape index (κ2) is 7.57. The number of aliphatic hydroxyl groups is 1. The van der Waals surface area contributed by atoms with Crippen molar-refractivity contribution < 1.29 is 18.3 Å². The summed E-state index contributed by atoms with van der Waals surface area (Å²) in [6.07, 6.45) is -1.68. The molecule has 0 saturated carbocycles. The number of halogens is 3. The topological polar surface area (TPSA) is 41.3 Å². The van der Waals surface area contributed by atoms with Crippen molar-refractivity contribution >= 4 is 27.6 Å². The molecule has 1 fully saturated rings. The van der Waals surface area contributed by atoms with Gasteiger partial charge in [0.1, 0.15) is 11.4 Å². The Balaban J connectivity index is 1.67. The van der Waals surface area contributed by atoms with Crippen LogP contribution in [0.4, 0.5) is 19.0 Å². The van der Waals surface area contributed by atoms with Crippen LogP contribution in [-0.2, 0) is 6.18 Å². The lowest BCUT2D eigenvalue weighted by Gasteiger charge is -2.33. The number of aliphatic hydroxyl groups excluding tert-OH is 1. The third-order valence-corrected chi connectivity index (χ3v) is 6.17. The van der Waals surface area contributed by atoms with Crippen molar-refractivity contribution in [2.45, 2.75) is 19.0 Å². The van der Waals surface area contributed by atoms with Crippen molar-refractivity contribution in [2.24, 2.45) is 5.92 Å². The number of nitrogens with zero attached hydrogens (tertiary/aromatic N) is 3. The summed E-state index contributed by atoms with van der Waals surface area (Å²) >= 11 is 0. The van der Waals surface area contributed by atoms with E-state index in [1.807, 2.05) is 53.1 Å². The highest BCUT2D eigenvalue weighted by Gasteiger charge is 2.37. The first kappa shape index (κ1) is 19.9. The number of aromatic nitrogens is 2. The smallest absolute Gasteiger partial charge is 0.396 e. The van der Waals surface area contributed by atoms with Crippen LogP contribution in [0, 0.1) is 5.92 Å². The van der Waals surface area contributed by atoms with E-state index in [9.17, 15) is 18.3 Å². The van der Waals surface area contributed by atoms with Crippen LogP contribution in [0.15, 0.2) is 60.8 Å². The molecule has 0 bridgehead atoms. The predicted molar refractivity (Wildman–Crippen MR) is 116 cm³/mol. The number of para-hydroxylation sites is 2. The molecule has 5 rings (SSSR count). The number of hydrogen-bond donors (Lipinski definition) is 1. The van der Waals surface area contributed by atoms with Crippen molar-refractivity contribution in [3.63, 3.8) is 0 Å². The molecule has 4 nitrogen and oxygen atoms in total. The lowest BCUT2D eigenvalue weighted by molar-refractivity contribution is -0.137. The minimum absolute atomic E-state index is 0.0339. The van der Waals surface area contributed by atoms with Gasteiger partial charge in [-0.2, -0.15) is 13.2 Å². The maximum Gasteiger partial charge on any atom is 0.420 e. The normalized spacial score (nSPS) is 15.8. The summed E-state index contributed by atoms with van der Waals surface area (Å²) in [7, 11) is 0. The van der Waals surface area contributed by atoms with Crippen LogP contribution in [0.25, 0.3) is 27.5 Å². The average Bonchev–Trinajstić information content (AvgIpc) is 3.13. The van der Waals surface area contributed by atoms with Crippen LogP contribution in [0.1, 0.15) is 18.4 Å². The Morgan fingerprint density at radius 2 is 1.52 bits per heavy atom. The first-order valence-electron chi connectivity index (χ1n) is 10.4. The highest BCUT2D eigenvalue weighted by Crippen LogP contribution is 2.39. The SMILES string of the molecule is OCC1CCN(c2ncc(-n3c4ccccc4c4ccccc43)cc2C(F)(F)F)CC1. The molecule has 1 saturated heterocycles. The standard InChI is InChI=1S/C24H22F3N3O/c25-24(26,27)20-13-17(14-28-23(20)29-11-9-16(15-31)10-12-29)30-21-7-3-1-5-18(21)19-6-2-4-8-22(19)30/h1-8,13-14,16,31H,9-12,15H2.